The van der Waals surface area contributed by atoms with E-state index >= 15 is 0 Å². The zero-order valence-corrected chi connectivity index (χ0v) is 26.5. The number of rotatable bonds is 3. The summed E-state index contributed by atoms with van der Waals surface area (Å²) in [5, 5.41) is 10.6. The third kappa shape index (κ3) is 3.78. The van der Waals surface area contributed by atoms with Crippen LogP contribution < -0.4 is 0 Å². The Kier molecular flexibility index (Phi) is 5.72. The first kappa shape index (κ1) is 26.0. The van der Waals surface area contributed by atoms with Gasteiger partial charge in [0.1, 0.15) is 0 Å². The maximum atomic E-state index is 2.49. The van der Waals surface area contributed by atoms with Gasteiger partial charge in [0.05, 0.1) is 0 Å². The van der Waals surface area contributed by atoms with Crippen molar-refractivity contribution in [3.05, 3.63) is 158 Å². The Morgan fingerprint density at radius 2 is 0.761 bits per heavy atom. The van der Waals surface area contributed by atoms with E-state index in [0.717, 1.165) is 0 Å². The summed E-state index contributed by atoms with van der Waals surface area (Å²) in [6, 6.07) is 58.1. The van der Waals surface area contributed by atoms with Crippen LogP contribution in [-0.4, -0.2) is 0 Å². The molecule has 0 aliphatic carbocycles. The molecule has 0 saturated heterocycles. The van der Waals surface area contributed by atoms with E-state index in [4.69, 9.17) is 0 Å². The van der Waals surface area contributed by atoms with Crippen molar-refractivity contribution in [1.82, 2.24) is 0 Å². The summed E-state index contributed by atoms with van der Waals surface area (Å²) < 4.78 is 5.42. The molecule has 2 aromatic heterocycles. The molecule has 46 heavy (non-hydrogen) atoms. The van der Waals surface area contributed by atoms with Crippen LogP contribution in [0.25, 0.3) is 95.3 Å². The van der Waals surface area contributed by atoms with Gasteiger partial charge in [-0.3, -0.25) is 0 Å². The van der Waals surface area contributed by atoms with E-state index in [0.29, 0.717) is 0 Å². The molecule has 10 rings (SSSR count). The molecule has 0 radical (unpaired) electrons. The van der Waals surface area contributed by atoms with Gasteiger partial charge in [0.25, 0.3) is 0 Å². The van der Waals surface area contributed by atoms with Gasteiger partial charge < -0.3 is 0 Å². The SMILES string of the molecule is c1ccc(-c2ccc(-c3c4ccccc4c(-c4cc5sc6ccccc6c5c5sc6ccccc6c45)c4ccccc34)cc2)cc1. The molecule has 0 unspecified atom stereocenters. The number of thiophene rings is 2. The molecule has 0 fully saturated rings. The minimum absolute atomic E-state index is 1.23. The van der Waals surface area contributed by atoms with E-state index in [2.05, 4.69) is 158 Å². The molecule has 0 aliphatic rings. The number of hydrogen-bond acceptors (Lipinski definition) is 2. The van der Waals surface area contributed by atoms with E-state index in [9.17, 15) is 0 Å². The summed E-state index contributed by atoms with van der Waals surface area (Å²) in [4.78, 5) is 0. The second kappa shape index (κ2) is 10.1. The highest BCUT2D eigenvalue weighted by Crippen LogP contribution is 2.52. The lowest BCUT2D eigenvalue weighted by molar-refractivity contribution is 1.61. The van der Waals surface area contributed by atoms with Gasteiger partial charge in [-0.25, -0.2) is 0 Å². The number of fused-ring (bicyclic) bond motifs is 9. The van der Waals surface area contributed by atoms with Crippen molar-refractivity contribution in [3.8, 4) is 33.4 Å². The maximum absolute atomic E-state index is 2.49. The van der Waals surface area contributed by atoms with Gasteiger partial charge in [0.15, 0.2) is 0 Å². The first-order valence-electron chi connectivity index (χ1n) is 15.7. The molecule has 0 nitrogen and oxygen atoms in total. The van der Waals surface area contributed by atoms with Gasteiger partial charge in [0, 0.05) is 40.3 Å². The van der Waals surface area contributed by atoms with Crippen LogP contribution in [0, 0.1) is 0 Å². The largest absolute Gasteiger partial charge is 0.135 e. The van der Waals surface area contributed by atoms with Crippen LogP contribution in [-0.2, 0) is 0 Å². The Balaban J connectivity index is 1.33. The molecule has 2 heterocycles. The van der Waals surface area contributed by atoms with Crippen LogP contribution in [0.4, 0.5) is 0 Å². The van der Waals surface area contributed by atoms with Crippen molar-refractivity contribution in [2.45, 2.75) is 0 Å². The van der Waals surface area contributed by atoms with Crippen LogP contribution >= 0.6 is 22.7 Å². The number of benzene rings is 8. The second-order valence-electron chi connectivity index (χ2n) is 12.0. The lowest BCUT2D eigenvalue weighted by atomic mass is 9.84. The molecule has 0 bridgehead atoms. The molecular formula is C44H26S2. The van der Waals surface area contributed by atoms with Crippen molar-refractivity contribution >= 4 is 84.6 Å². The monoisotopic (exact) mass is 618 g/mol. The Labute approximate surface area is 274 Å². The molecule has 2 heteroatoms. The van der Waals surface area contributed by atoms with Crippen molar-refractivity contribution in [1.29, 1.82) is 0 Å². The van der Waals surface area contributed by atoms with Crippen molar-refractivity contribution in [3.63, 3.8) is 0 Å². The van der Waals surface area contributed by atoms with Crippen molar-refractivity contribution in [2.24, 2.45) is 0 Å². The minimum Gasteiger partial charge on any atom is -0.135 e. The average Bonchev–Trinajstić information content (AvgIpc) is 3.69. The zero-order chi connectivity index (χ0) is 30.2. The fraction of sp³-hybridized carbons (Fsp3) is 0. The van der Waals surface area contributed by atoms with Gasteiger partial charge in [-0.2, -0.15) is 0 Å². The smallest absolute Gasteiger partial charge is 0.0454 e. The fourth-order valence-electron chi connectivity index (χ4n) is 7.48. The fourth-order valence-corrected chi connectivity index (χ4v) is 9.99. The maximum Gasteiger partial charge on any atom is 0.0454 e. The van der Waals surface area contributed by atoms with Gasteiger partial charge in [0.2, 0.25) is 0 Å². The summed E-state index contributed by atoms with van der Waals surface area (Å²) in [5.74, 6) is 0. The summed E-state index contributed by atoms with van der Waals surface area (Å²) in [5.41, 5.74) is 7.66. The molecule has 0 saturated carbocycles. The standard InChI is InChI=1S/C44H26S2/c1-2-12-27(13-3-1)28-22-24-29(25-23-28)40-30-14-4-6-16-32(30)41(33-17-7-5-15-31(33)40)36-26-39-43(35-19-9-10-20-37(35)45-39)44-42(36)34-18-8-11-21-38(34)46-44/h1-26H. The van der Waals surface area contributed by atoms with E-state index in [1.54, 1.807) is 0 Å². The van der Waals surface area contributed by atoms with E-state index < -0.39 is 0 Å². The van der Waals surface area contributed by atoms with Crippen LogP contribution in [0.2, 0.25) is 0 Å². The van der Waals surface area contributed by atoms with Gasteiger partial charge in [-0.15, -0.1) is 22.7 Å². The van der Waals surface area contributed by atoms with Gasteiger partial charge in [-0.05, 0) is 73.1 Å². The minimum atomic E-state index is 1.23. The normalized spacial score (nSPS) is 11.9. The second-order valence-corrected chi connectivity index (χ2v) is 14.1. The number of hydrogen-bond donors (Lipinski definition) is 0. The Morgan fingerprint density at radius 3 is 1.39 bits per heavy atom. The summed E-state index contributed by atoms with van der Waals surface area (Å²) in [7, 11) is 0. The van der Waals surface area contributed by atoms with Gasteiger partial charge >= 0.3 is 0 Å². The highest BCUT2D eigenvalue weighted by molar-refractivity contribution is 7.30. The van der Waals surface area contributed by atoms with Crippen LogP contribution in [0.15, 0.2) is 158 Å². The molecule has 0 atom stereocenters. The van der Waals surface area contributed by atoms with E-state index in [1.165, 1.54) is 95.3 Å². The predicted octanol–water partition coefficient (Wildman–Crippen LogP) is 13.7. The van der Waals surface area contributed by atoms with E-state index in [1.807, 2.05) is 22.7 Å². The molecule has 8 aromatic carbocycles. The Hall–Kier alpha value is -5.28. The molecule has 0 amide bonds. The molecular weight excluding hydrogens is 593 g/mol. The molecule has 0 spiro atoms. The third-order valence-corrected chi connectivity index (χ3v) is 11.8. The van der Waals surface area contributed by atoms with Crippen molar-refractivity contribution < 1.29 is 0 Å². The highest BCUT2D eigenvalue weighted by atomic mass is 32.1. The van der Waals surface area contributed by atoms with Gasteiger partial charge in [-0.1, -0.05) is 140 Å². The van der Waals surface area contributed by atoms with Crippen LogP contribution in [0.3, 0.4) is 0 Å². The predicted molar refractivity (Wildman–Crippen MR) is 204 cm³/mol. The molecule has 214 valence electrons. The van der Waals surface area contributed by atoms with Crippen LogP contribution in [0.1, 0.15) is 0 Å². The summed E-state index contributed by atoms with van der Waals surface area (Å²) >= 11 is 3.85. The molecule has 10 aromatic rings. The highest BCUT2D eigenvalue weighted by Gasteiger charge is 2.22. The molecule has 0 N–H and O–H groups in total. The molecule has 0 aliphatic heterocycles. The zero-order valence-electron chi connectivity index (χ0n) is 24.8. The lowest BCUT2D eigenvalue weighted by Gasteiger charge is -2.19. The quantitative estimate of drug-likeness (QED) is 0.173. The first-order valence-corrected chi connectivity index (χ1v) is 17.3. The van der Waals surface area contributed by atoms with E-state index in [-0.39, 0.29) is 0 Å². The first-order chi connectivity index (χ1) is 22.8. The Bertz CT molecular complexity index is 2720. The topological polar surface area (TPSA) is 0 Å². The third-order valence-electron chi connectivity index (χ3n) is 9.47. The lowest BCUT2D eigenvalue weighted by Crippen LogP contribution is -1.91. The Morgan fingerprint density at radius 1 is 0.304 bits per heavy atom. The summed E-state index contributed by atoms with van der Waals surface area (Å²) in [6.07, 6.45) is 0. The van der Waals surface area contributed by atoms with Crippen molar-refractivity contribution in [2.75, 3.05) is 0 Å². The van der Waals surface area contributed by atoms with Crippen LogP contribution in [0.5, 0.6) is 0 Å². The average molecular weight is 619 g/mol. The summed E-state index contributed by atoms with van der Waals surface area (Å²) in [6.45, 7) is 0.